The Labute approximate surface area is 329 Å². The normalized spacial score (nSPS) is 20.2. The quantitative estimate of drug-likeness (QED) is 0.179. The molecule has 17 nitrogen and oxygen atoms in total. The highest BCUT2D eigenvalue weighted by Crippen LogP contribution is 2.28. The van der Waals surface area contributed by atoms with Crippen LogP contribution in [-0.2, 0) is 9.59 Å². The lowest BCUT2D eigenvalue weighted by atomic mass is 10.0. The van der Waals surface area contributed by atoms with Crippen molar-refractivity contribution in [3.63, 3.8) is 0 Å². The number of aryl methyl sites for hydroxylation is 1. The second-order valence-corrected chi connectivity index (χ2v) is 14.7. The summed E-state index contributed by atoms with van der Waals surface area (Å²) in [7, 11) is 1.79. The van der Waals surface area contributed by atoms with Gasteiger partial charge in [-0.1, -0.05) is 11.8 Å². The van der Waals surface area contributed by atoms with E-state index in [2.05, 4.69) is 47.9 Å². The third-order valence-electron chi connectivity index (χ3n) is 10.8. The van der Waals surface area contributed by atoms with Crippen LogP contribution in [0.5, 0.6) is 0 Å². The molecule has 5 N–H and O–H groups in total. The molecule has 0 spiro atoms. The summed E-state index contributed by atoms with van der Waals surface area (Å²) in [5, 5.41) is 16.2. The number of urea groups is 1. The van der Waals surface area contributed by atoms with E-state index in [1.807, 2.05) is 20.8 Å². The van der Waals surface area contributed by atoms with Gasteiger partial charge in [0.2, 0.25) is 17.8 Å². The molecule has 6 amide bonds. The van der Waals surface area contributed by atoms with Crippen molar-refractivity contribution in [2.45, 2.75) is 44.7 Å². The molecule has 4 aliphatic heterocycles. The number of primary amides is 1. The van der Waals surface area contributed by atoms with E-state index in [4.69, 9.17) is 5.73 Å². The number of hydrogen-bond acceptors (Lipinski definition) is 12. The van der Waals surface area contributed by atoms with Crippen molar-refractivity contribution >= 4 is 52.8 Å². The minimum Gasteiger partial charge on any atom is -0.367 e. The number of imide groups is 1. The minimum atomic E-state index is -0.827. The highest BCUT2D eigenvalue weighted by molar-refractivity contribution is 6.04. The van der Waals surface area contributed by atoms with Gasteiger partial charge in [-0.15, -0.1) is 10.2 Å². The van der Waals surface area contributed by atoms with E-state index in [1.165, 1.54) is 6.07 Å². The summed E-state index contributed by atoms with van der Waals surface area (Å²) >= 11 is 0. The maximum atomic E-state index is 15.6. The zero-order valence-electron chi connectivity index (χ0n) is 31.9. The molecule has 0 saturated carbocycles. The van der Waals surface area contributed by atoms with Gasteiger partial charge in [0, 0.05) is 82.6 Å². The molecule has 18 heteroatoms. The Morgan fingerprint density at radius 3 is 2.49 bits per heavy atom. The smallest absolute Gasteiger partial charge is 0.320 e. The number of nitrogens with one attached hydrogen (secondary N) is 3. The Morgan fingerprint density at radius 2 is 1.79 bits per heavy atom. The molecule has 1 unspecified atom stereocenters. The van der Waals surface area contributed by atoms with E-state index < -0.39 is 23.7 Å². The molecule has 4 saturated heterocycles. The number of nitrogens with two attached hydrogens (primary N) is 1. The van der Waals surface area contributed by atoms with Gasteiger partial charge in [-0.25, -0.2) is 9.18 Å². The topological polar surface area (TPSA) is 202 Å². The highest BCUT2D eigenvalue weighted by atomic mass is 19.1. The first-order valence-corrected chi connectivity index (χ1v) is 19.0. The molecule has 0 aliphatic carbocycles. The molecule has 5 heterocycles. The first kappa shape index (κ1) is 38.9. The van der Waals surface area contributed by atoms with E-state index in [0.717, 1.165) is 18.4 Å². The highest BCUT2D eigenvalue weighted by Gasteiger charge is 2.35. The molecule has 57 heavy (non-hydrogen) atoms. The first-order valence-electron chi connectivity index (χ1n) is 19.0. The number of benzene rings is 2. The van der Waals surface area contributed by atoms with E-state index in [0.29, 0.717) is 81.4 Å². The maximum absolute atomic E-state index is 15.6. The van der Waals surface area contributed by atoms with Crippen LogP contribution in [0.1, 0.15) is 57.7 Å². The lowest BCUT2D eigenvalue weighted by Crippen LogP contribution is -2.52. The SMILES string of the molecule is Cc1cc(C#CCN2CCN(c3ccc(Nc4nc(N5CCC[C@@H](N6CCN(C)C6=O)C5)nnc4C(N)=O)cc3F)CC2)ccc1C(=O)NC1CCC(=O)NC1=O. The second kappa shape index (κ2) is 16.8. The van der Waals surface area contributed by atoms with Crippen LogP contribution in [0.3, 0.4) is 0 Å². The Balaban J connectivity index is 0.926. The molecular weight excluding hydrogens is 736 g/mol. The van der Waals surface area contributed by atoms with Gasteiger partial charge in [-0.3, -0.25) is 29.4 Å². The summed E-state index contributed by atoms with van der Waals surface area (Å²) in [5.41, 5.74) is 8.13. The predicted octanol–water partition coefficient (Wildman–Crippen LogP) is 1.21. The van der Waals surface area contributed by atoms with Crippen molar-refractivity contribution in [1.82, 2.24) is 40.5 Å². The Hall–Kier alpha value is -6.35. The Bertz CT molecular complexity index is 2150. The number of likely N-dealkylation sites (N-methyl/N-ethyl adjacent to an activating group) is 1. The van der Waals surface area contributed by atoms with Gasteiger partial charge in [0.1, 0.15) is 11.9 Å². The largest absolute Gasteiger partial charge is 0.367 e. The van der Waals surface area contributed by atoms with Gasteiger partial charge in [0.05, 0.1) is 18.3 Å². The molecule has 1 aromatic heterocycles. The van der Waals surface area contributed by atoms with Crippen molar-refractivity contribution in [2.75, 3.05) is 81.1 Å². The van der Waals surface area contributed by atoms with Gasteiger partial charge in [0.25, 0.3) is 11.8 Å². The molecule has 0 radical (unpaired) electrons. The van der Waals surface area contributed by atoms with Crippen molar-refractivity contribution in [1.29, 1.82) is 0 Å². The van der Waals surface area contributed by atoms with Crippen molar-refractivity contribution in [2.24, 2.45) is 5.73 Å². The zero-order valence-corrected chi connectivity index (χ0v) is 31.9. The van der Waals surface area contributed by atoms with E-state index in [1.54, 1.807) is 43.1 Å². The summed E-state index contributed by atoms with van der Waals surface area (Å²) in [6.45, 7) is 7.34. The van der Waals surface area contributed by atoms with Crippen molar-refractivity contribution in [3.05, 3.63) is 64.6 Å². The molecule has 0 bridgehead atoms. The number of rotatable bonds is 9. The maximum Gasteiger partial charge on any atom is 0.320 e. The lowest BCUT2D eigenvalue weighted by molar-refractivity contribution is -0.134. The number of carbonyl (C=O) groups is 5. The third kappa shape index (κ3) is 8.88. The molecule has 2 aromatic carbocycles. The van der Waals surface area contributed by atoms with Crippen LogP contribution in [0.25, 0.3) is 0 Å². The van der Waals surface area contributed by atoms with Crippen LogP contribution in [0, 0.1) is 24.6 Å². The van der Waals surface area contributed by atoms with Crippen LogP contribution in [-0.4, -0.2) is 138 Å². The van der Waals surface area contributed by atoms with Crippen LogP contribution < -0.4 is 31.5 Å². The van der Waals surface area contributed by atoms with Crippen LogP contribution >= 0.6 is 0 Å². The van der Waals surface area contributed by atoms with Crippen LogP contribution in [0.4, 0.5) is 32.3 Å². The summed E-state index contributed by atoms with van der Waals surface area (Å²) < 4.78 is 15.6. The fourth-order valence-electron chi connectivity index (χ4n) is 7.54. The Morgan fingerprint density at radius 1 is 0.982 bits per heavy atom. The number of aromatic nitrogens is 3. The number of nitrogens with zero attached hydrogens (tertiary/aromatic N) is 8. The molecule has 2 atom stereocenters. The number of amides is 6. The van der Waals surface area contributed by atoms with Gasteiger partial charge in [0.15, 0.2) is 11.5 Å². The second-order valence-electron chi connectivity index (χ2n) is 14.7. The number of carbonyl (C=O) groups excluding carboxylic acids is 5. The number of anilines is 4. The standard InChI is InChI=1S/C39H45FN12O5/c1-24-21-25(7-9-28(24)36(55)43-30-10-12-32(53)44-37(30)56)5-3-13-49-16-18-50(19-17-49)31-11-8-26(22-29(31)40)42-35-33(34(41)54)46-47-38(45-35)51-14-4-6-27(23-51)52-20-15-48(2)39(52)57/h7-9,11,21-22,27,30H,4,6,10,12-20,23H2,1-2H3,(H2,41,54)(H,43,55)(H,42,45,47)(H,44,53,56)/t27-,30?/m1/s1. The molecule has 4 aliphatic rings. The van der Waals surface area contributed by atoms with Gasteiger partial charge in [-0.05, 0) is 68.1 Å². The summed E-state index contributed by atoms with van der Waals surface area (Å²) in [6, 6.07) is 9.24. The molecular formula is C39H45FN12O5. The molecule has 4 fully saturated rings. The third-order valence-corrected chi connectivity index (χ3v) is 10.8. The fraction of sp³-hybridized carbons (Fsp3) is 0.436. The number of piperidine rings is 2. The summed E-state index contributed by atoms with van der Waals surface area (Å²) in [4.78, 5) is 75.4. The van der Waals surface area contributed by atoms with E-state index >= 15 is 4.39 Å². The minimum absolute atomic E-state index is 0.000625. The number of piperazine rings is 1. The van der Waals surface area contributed by atoms with Crippen LogP contribution in [0.15, 0.2) is 36.4 Å². The van der Waals surface area contributed by atoms with E-state index in [-0.39, 0.29) is 54.2 Å². The average molecular weight is 781 g/mol. The first-order chi connectivity index (χ1) is 27.4. The molecule has 3 aromatic rings. The number of hydrogen-bond donors (Lipinski definition) is 4. The monoisotopic (exact) mass is 780 g/mol. The fourth-order valence-corrected chi connectivity index (χ4v) is 7.54. The molecule has 298 valence electrons. The van der Waals surface area contributed by atoms with Crippen LogP contribution in [0.2, 0.25) is 0 Å². The van der Waals surface area contributed by atoms with Crippen molar-refractivity contribution < 1.29 is 28.4 Å². The lowest BCUT2D eigenvalue weighted by Gasteiger charge is -2.37. The van der Waals surface area contributed by atoms with E-state index in [9.17, 15) is 24.0 Å². The van der Waals surface area contributed by atoms with Gasteiger partial charge < -0.3 is 36.0 Å². The summed E-state index contributed by atoms with van der Waals surface area (Å²) in [6.07, 6.45) is 2.13. The predicted molar refractivity (Wildman–Crippen MR) is 208 cm³/mol. The summed E-state index contributed by atoms with van der Waals surface area (Å²) in [5.74, 6) is 4.20. The molecule has 7 rings (SSSR count). The Kier molecular flexibility index (Phi) is 11.5. The number of halogens is 1. The van der Waals surface area contributed by atoms with Gasteiger partial charge in [-0.2, -0.15) is 4.98 Å². The zero-order chi connectivity index (χ0) is 40.2. The average Bonchev–Trinajstić information content (AvgIpc) is 3.53. The van der Waals surface area contributed by atoms with Gasteiger partial charge >= 0.3 is 6.03 Å². The van der Waals surface area contributed by atoms with Crippen molar-refractivity contribution in [3.8, 4) is 11.8 Å².